The summed E-state index contributed by atoms with van der Waals surface area (Å²) in [5.41, 5.74) is 6.17. The van der Waals surface area contributed by atoms with Crippen LogP contribution in [-0.4, -0.2) is 5.91 Å². The largest absolute Gasteiger partial charge is 0.366 e. The van der Waals surface area contributed by atoms with E-state index in [1.54, 1.807) is 5.41 Å². The van der Waals surface area contributed by atoms with Crippen molar-refractivity contribution < 1.29 is 4.79 Å². The molecule has 1 amide bonds. The molecule has 0 heterocycles. The van der Waals surface area contributed by atoms with Crippen LogP contribution in [0.5, 0.6) is 0 Å². The molecule has 0 aliphatic rings. The summed E-state index contributed by atoms with van der Waals surface area (Å²) in [6.07, 6.45) is 1.35. The number of amides is 1. The Bertz CT molecular complexity index is 316. The summed E-state index contributed by atoms with van der Waals surface area (Å²) in [4.78, 5) is 11.5. The highest BCUT2D eigenvalue weighted by Crippen LogP contribution is 2.18. The Morgan fingerprint density at radius 1 is 1.38 bits per heavy atom. The minimum absolute atomic E-state index is 0.417. The Morgan fingerprint density at radius 3 is 2.54 bits per heavy atom. The summed E-state index contributed by atoms with van der Waals surface area (Å²) in [5, 5.41) is 1.69. The summed E-state index contributed by atoms with van der Waals surface area (Å²) >= 11 is 1.48. The number of hydrogen-bond donors (Lipinski definition) is 1. The normalized spacial score (nSPS) is 10.5. The van der Waals surface area contributed by atoms with E-state index in [9.17, 15) is 4.79 Å². The fraction of sp³-hybridized carbons (Fsp3) is 0.100. The van der Waals surface area contributed by atoms with Crippen LogP contribution in [0.1, 0.15) is 5.56 Å². The van der Waals surface area contributed by atoms with Gasteiger partial charge in [-0.3, -0.25) is 4.79 Å². The number of thioether (sulfide) groups is 1. The van der Waals surface area contributed by atoms with Crippen LogP contribution in [0, 0.1) is 6.92 Å². The number of carbonyl (C=O) groups excluding carboxylic acids is 1. The number of hydrogen-bond acceptors (Lipinski definition) is 2. The lowest BCUT2D eigenvalue weighted by Crippen LogP contribution is -2.04. The van der Waals surface area contributed by atoms with Gasteiger partial charge >= 0.3 is 0 Å². The average Bonchev–Trinajstić information content (AvgIpc) is 2.08. The predicted octanol–water partition coefficient (Wildman–Crippen LogP) is 2.09. The van der Waals surface area contributed by atoms with Crippen molar-refractivity contribution in [2.45, 2.75) is 11.8 Å². The van der Waals surface area contributed by atoms with Crippen molar-refractivity contribution in [3.63, 3.8) is 0 Å². The molecule has 13 heavy (non-hydrogen) atoms. The summed E-state index contributed by atoms with van der Waals surface area (Å²) in [7, 11) is 0. The van der Waals surface area contributed by atoms with Gasteiger partial charge in [-0.2, -0.15) is 0 Å². The van der Waals surface area contributed by atoms with Gasteiger partial charge < -0.3 is 5.73 Å². The molecular formula is C10H11NOS. The zero-order valence-electron chi connectivity index (χ0n) is 7.36. The van der Waals surface area contributed by atoms with E-state index in [-0.39, 0.29) is 0 Å². The first-order chi connectivity index (χ1) is 6.18. The summed E-state index contributed by atoms with van der Waals surface area (Å²) in [5.74, 6) is -0.417. The Hall–Kier alpha value is -1.22. The first kappa shape index (κ1) is 9.86. The van der Waals surface area contributed by atoms with Crippen molar-refractivity contribution in [3.05, 3.63) is 41.3 Å². The van der Waals surface area contributed by atoms with Gasteiger partial charge in [-0.15, -0.1) is 0 Å². The molecule has 0 aliphatic heterocycles. The quantitative estimate of drug-likeness (QED) is 0.590. The molecule has 0 aromatic heterocycles. The topological polar surface area (TPSA) is 43.1 Å². The van der Waals surface area contributed by atoms with E-state index in [1.165, 1.54) is 23.4 Å². The molecule has 0 spiro atoms. The molecule has 68 valence electrons. The third kappa shape index (κ3) is 3.80. The van der Waals surface area contributed by atoms with Crippen LogP contribution in [0.3, 0.4) is 0 Å². The van der Waals surface area contributed by atoms with Crippen molar-refractivity contribution in [1.29, 1.82) is 0 Å². The van der Waals surface area contributed by atoms with Gasteiger partial charge in [0.05, 0.1) is 0 Å². The van der Waals surface area contributed by atoms with Crippen LogP contribution < -0.4 is 5.73 Å². The minimum Gasteiger partial charge on any atom is -0.366 e. The Balaban J connectivity index is 2.55. The molecule has 0 bridgehead atoms. The summed E-state index contributed by atoms with van der Waals surface area (Å²) in [6, 6.07) is 8.07. The highest BCUT2D eigenvalue weighted by atomic mass is 32.2. The van der Waals surface area contributed by atoms with Gasteiger partial charge in [-0.05, 0) is 24.5 Å². The second-order valence-corrected chi connectivity index (χ2v) is 3.62. The second-order valence-electron chi connectivity index (χ2n) is 2.64. The first-order valence-electron chi connectivity index (χ1n) is 3.88. The van der Waals surface area contributed by atoms with Gasteiger partial charge in [0.15, 0.2) is 0 Å². The molecule has 0 saturated carbocycles. The van der Waals surface area contributed by atoms with Gasteiger partial charge in [0.1, 0.15) is 0 Å². The molecule has 0 fully saturated rings. The van der Waals surface area contributed by atoms with E-state index in [1.807, 2.05) is 31.2 Å². The Morgan fingerprint density at radius 2 is 2.00 bits per heavy atom. The lowest BCUT2D eigenvalue weighted by molar-refractivity contribution is -0.113. The fourth-order valence-corrected chi connectivity index (χ4v) is 1.45. The van der Waals surface area contributed by atoms with Gasteiger partial charge in [0.25, 0.3) is 0 Å². The predicted molar refractivity (Wildman–Crippen MR) is 55.4 cm³/mol. The summed E-state index contributed by atoms with van der Waals surface area (Å²) < 4.78 is 0. The van der Waals surface area contributed by atoms with Crippen molar-refractivity contribution in [2.24, 2.45) is 5.73 Å². The summed E-state index contributed by atoms with van der Waals surface area (Å²) in [6.45, 7) is 2.04. The molecule has 0 radical (unpaired) electrons. The average molecular weight is 193 g/mol. The van der Waals surface area contributed by atoms with Crippen molar-refractivity contribution in [2.75, 3.05) is 0 Å². The lowest BCUT2D eigenvalue weighted by atomic mass is 10.2. The van der Waals surface area contributed by atoms with E-state index in [2.05, 4.69) is 0 Å². The molecule has 1 aromatic rings. The molecular weight excluding hydrogens is 182 g/mol. The highest BCUT2D eigenvalue weighted by molar-refractivity contribution is 8.02. The maximum atomic E-state index is 10.4. The molecule has 0 atom stereocenters. The van der Waals surface area contributed by atoms with Crippen LogP contribution in [0.2, 0.25) is 0 Å². The van der Waals surface area contributed by atoms with E-state index in [0.717, 1.165) is 4.90 Å². The Kier molecular flexibility index (Phi) is 3.58. The third-order valence-electron chi connectivity index (χ3n) is 1.46. The van der Waals surface area contributed by atoms with Crippen LogP contribution in [-0.2, 0) is 4.79 Å². The van der Waals surface area contributed by atoms with E-state index in [4.69, 9.17) is 5.73 Å². The van der Waals surface area contributed by atoms with Crippen molar-refractivity contribution in [1.82, 2.24) is 0 Å². The standard InChI is InChI=1S/C10H11NOS/c1-8-2-4-9(5-3-8)13-7-6-10(11)12/h2-7H,1H3,(H2,11,12). The first-order valence-corrected chi connectivity index (χ1v) is 4.76. The number of rotatable bonds is 3. The number of carbonyl (C=O) groups is 1. The fourth-order valence-electron chi connectivity index (χ4n) is 0.796. The van der Waals surface area contributed by atoms with Crippen LogP contribution >= 0.6 is 11.8 Å². The molecule has 1 rings (SSSR count). The maximum Gasteiger partial charge on any atom is 0.241 e. The lowest BCUT2D eigenvalue weighted by Gasteiger charge is -1.95. The number of aryl methyl sites for hydroxylation is 1. The van der Waals surface area contributed by atoms with Crippen molar-refractivity contribution >= 4 is 17.7 Å². The van der Waals surface area contributed by atoms with E-state index < -0.39 is 5.91 Å². The molecule has 2 N–H and O–H groups in total. The van der Waals surface area contributed by atoms with Gasteiger partial charge in [-0.25, -0.2) is 0 Å². The monoisotopic (exact) mass is 193 g/mol. The molecule has 1 aromatic carbocycles. The van der Waals surface area contributed by atoms with Gasteiger partial charge in [0, 0.05) is 11.0 Å². The molecule has 2 nitrogen and oxygen atoms in total. The van der Waals surface area contributed by atoms with Crippen LogP contribution in [0.25, 0.3) is 0 Å². The SMILES string of the molecule is Cc1ccc(SC=CC(N)=O)cc1. The van der Waals surface area contributed by atoms with E-state index >= 15 is 0 Å². The highest BCUT2D eigenvalue weighted by Gasteiger charge is 1.89. The van der Waals surface area contributed by atoms with Crippen LogP contribution in [0.4, 0.5) is 0 Å². The maximum absolute atomic E-state index is 10.4. The third-order valence-corrected chi connectivity index (χ3v) is 2.27. The molecule has 0 unspecified atom stereocenters. The Labute approximate surface area is 81.8 Å². The van der Waals surface area contributed by atoms with Crippen molar-refractivity contribution in [3.8, 4) is 0 Å². The van der Waals surface area contributed by atoms with Crippen LogP contribution in [0.15, 0.2) is 40.6 Å². The number of primary amides is 1. The van der Waals surface area contributed by atoms with E-state index in [0.29, 0.717) is 0 Å². The zero-order chi connectivity index (χ0) is 9.68. The molecule has 0 saturated heterocycles. The minimum atomic E-state index is -0.417. The smallest absolute Gasteiger partial charge is 0.241 e. The second kappa shape index (κ2) is 4.72. The number of nitrogens with two attached hydrogens (primary N) is 1. The zero-order valence-corrected chi connectivity index (χ0v) is 8.17. The number of benzene rings is 1. The van der Waals surface area contributed by atoms with Gasteiger partial charge in [0.2, 0.25) is 5.91 Å². The van der Waals surface area contributed by atoms with Gasteiger partial charge in [-0.1, -0.05) is 29.5 Å². The molecule has 0 aliphatic carbocycles. The molecule has 3 heteroatoms.